The van der Waals surface area contributed by atoms with E-state index in [1.165, 1.54) is 19.1 Å². The second kappa shape index (κ2) is 6.37. The van der Waals surface area contributed by atoms with Crippen LogP contribution in [-0.2, 0) is 6.18 Å². The third kappa shape index (κ3) is 3.95. The van der Waals surface area contributed by atoms with Gasteiger partial charge in [-0.1, -0.05) is 11.6 Å². The average molecular weight is 367 g/mol. The summed E-state index contributed by atoms with van der Waals surface area (Å²) in [6, 6.07) is 4.92. The van der Waals surface area contributed by atoms with Gasteiger partial charge < -0.3 is 4.74 Å². The van der Waals surface area contributed by atoms with E-state index in [2.05, 4.69) is 0 Å². The van der Waals surface area contributed by atoms with Crippen molar-refractivity contribution in [3.8, 4) is 11.5 Å². The maximum absolute atomic E-state index is 13.1. The summed E-state index contributed by atoms with van der Waals surface area (Å²) in [4.78, 5) is 11.4. The lowest BCUT2D eigenvalue weighted by molar-refractivity contribution is -0.137. The van der Waals surface area contributed by atoms with E-state index in [0.29, 0.717) is 11.6 Å². The Morgan fingerprint density at radius 1 is 1.13 bits per heavy atom. The van der Waals surface area contributed by atoms with Crippen molar-refractivity contribution in [3.63, 3.8) is 0 Å². The summed E-state index contributed by atoms with van der Waals surface area (Å²) in [7, 11) is 0. The highest BCUT2D eigenvalue weighted by molar-refractivity contribution is 6.68. The van der Waals surface area contributed by atoms with Crippen LogP contribution in [0.25, 0.3) is 0 Å². The first-order valence-electron chi connectivity index (χ1n) is 6.14. The van der Waals surface area contributed by atoms with Gasteiger partial charge in [0.15, 0.2) is 0 Å². The molecule has 0 radical (unpaired) electrons. The molecule has 0 aliphatic heterocycles. The fourth-order valence-corrected chi connectivity index (χ4v) is 2.26. The van der Waals surface area contributed by atoms with Gasteiger partial charge in [-0.25, -0.2) is 4.39 Å². The maximum Gasteiger partial charge on any atom is 0.417 e. The van der Waals surface area contributed by atoms with Crippen LogP contribution in [0.5, 0.6) is 11.5 Å². The van der Waals surface area contributed by atoms with E-state index in [4.69, 9.17) is 27.9 Å². The largest absolute Gasteiger partial charge is 0.456 e. The van der Waals surface area contributed by atoms with Gasteiger partial charge in [-0.3, -0.25) is 4.79 Å². The Bertz CT molecular complexity index is 773. The second-order valence-electron chi connectivity index (χ2n) is 4.61. The zero-order valence-electron chi connectivity index (χ0n) is 11.5. The van der Waals surface area contributed by atoms with E-state index in [1.54, 1.807) is 0 Å². The third-order valence-corrected chi connectivity index (χ3v) is 3.46. The van der Waals surface area contributed by atoms with Gasteiger partial charge in [0.1, 0.15) is 17.3 Å². The fraction of sp³-hybridized carbons (Fsp3) is 0.133. The molecule has 2 aromatic carbocycles. The van der Waals surface area contributed by atoms with Crippen molar-refractivity contribution >= 4 is 28.4 Å². The number of carbonyl (C=O) groups excluding carboxylic acids is 1. The Morgan fingerprint density at radius 2 is 1.78 bits per heavy atom. The number of benzene rings is 2. The maximum atomic E-state index is 13.1. The molecule has 0 bridgehead atoms. The number of carbonyl (C=O) groups is 1. The van der Waals surface area contributed by atoms with Crippen LogP contribution < -0.4 is 4.74 Å². The van der Waals surface area contributed by atoms with E-state index in [1.807, 2.05) is 0 Å². The Labute approximate surface area is 138 Å². The summed E-state index contributed by atoms with van der Waals surface area (Å²) in [5, 5.41) is -1.78. The molecule has 0 aliphatic rings. The zero-order valence-corrected chi connectivity index (χ0v) is 13.0. The van der Waals surface area contributed by atoms with Crippen molar-refractivity contribution in [1.29, 1.82) is 0 Å². The lowest BCUT2D eigenvalue weighted by atomic mass is 10.1. The summed E-state index contributed by atoms with van der Waals surface area (Å²) >= 11 is 10.9. The van der Waals surface area contributed by atoms with E-state index >= 15 is 0 Å². The molecule has 0 unspecified atom stereocenters. The predicted molar refractivity (Wildman–Crippen MR) is 77.8 cm³/mol. The molecule has 2 aromatic rings. The molecule has 8 heteroatoms. The van der Waals surface area contributed by atoms with Crippen molar-refractivity contribution in [2.24, 2.45) is 0 Å². The quantitative estimate of drug-likeness (QED) is 0.493. The molecule has 0 saturated carbocycles. The summed E-state index contributed by atoms with van der Waals surface area (Å²) in [6.45, 7) is 1.53. The van der Waals surface area contributed by atoms with Crippen molar-refractivity contribution in [3.05, 3.63) is 57.9 Å². The molecule has 23 heavy (non-hydrogen) atoms. The molecule has 2 rings (SSSR count). The van der Waals surface area contributed by atoms with Crippen molar-refractivity contribution < 1.29 is 27.1 Å². The van der Waals surface area contributed by atoms with Crippen LogP contribution in [0.3, 0.4) is 0 Å². The molecular weight excluding hydrogens is 359 g/mol. The minimum atomic E-state index is -4.75. The molecule has 2 nitrogen and oxygen atoms in total. The molecule has 0 fully saturated rings. The van der Waals surface area contributed by atoms with Crippen molar-refractivity contribution in [1.82, 2.24) is 0 Å². The Kier molecular flexibility index (Phi) is 4.87. The molecule has 0 aromatic heterocycles. The van der Waals surface area contributed by atoms with Gasteiger partial charge >= 0.3 is 6.18 Å². The lowest BCUT2D eigenvalue weighted by Gasteiger charge is -2.15. The molecule has 0 N–H and O–H groups in total. The molecule has 0 spiro atoms. The molecular formula is C15H8Cl2F4O2. The molecule has 0 aliphatic carbocycles. The van der Waals surface area contributed by atoms with Gasteiger partial charge in [-0.2, -0.15) is 13.2 Å². The van der Waals surface area contributed by atoms with Crippen LogP contribution in [0.2, 0.25) is 5.02 Å². The standard InChI is InChI=1S/C15H8Cl2F4O2/c1-7-4-8(18)2-3-12(7)23-13-6-11(16)10(15(19,20)21)5-9(13)14(17)22/h2-6H,1H3. The number of hydrogen-bond acceptors (Lipinski definition) is 2. The molecule has 0 atom stereocenters. The smallest absolute Gasteiger partial charge is 0.417 e. The topological polar surface area (TPSA) is 26.3 Å². The Balaban J connectivity index is 2.54. The van der Waals surface area contributed by atoms with Gasteiger partial charge in [0.05, 0.1) is 16.1 Å². The molecule has 122 valence electrons. The van der Waals surface area contributed by atoms with E-state index < -0.39 is 33.4 Å². The van der Waals surface area contributed by atoms with Crippen LogP contribution in [0, 0.1) is 12.7 Å². The summed E-state index contributed by atoms with van der Waals surface area (Å²) in [5.74, 6) is -0.604. The fourth-order valence-electron chi connectivity index (χ4n) is 1.86. The molecule has 0 heterocycles. The van der Waals surface area contributed by atoms with E-state index in [0.717, 1.165) is 12.1 Å². The normalized spacial score (nSPS) is 11.4. The number of halogens is 6. The first-order valence-corrected chi connectivity index (χ1v) is 6.89. The lowest BCUT2D eigenvalue weighted by Crippen LogP contribution is -2.08. The first kappa shape index (κ1) is 17.6. The summed E-state index contributed by atoms with van der Waals surface area (Å²) in [6.07, 6.45) is -4.75. The van der Waals surface area contributed by atoms with Crippen molar-refractivity contribution in [2.45, 2.75) is 13.1 Å². The van der Waals surface area contributed by atoms with Crippen LogP contribution >= 0.6 is 23.2 Å². The minimum absolute atomic E-state index is 0.154. The highest BCUT2D eigenvalue weighted by Gasteiger charge is 2.35. The van der Waals surface area contributed by atoms with Crippen molar-refractivity contribution in [2.75, 3.05) is 0 Å². The Morgan fingerprint density at radius 3 is 2.30 bits per heavy atom. The highest BCUT2D eigenvalue weighted by atomic mass is 35.5. The third-order valence-electron chi connectivity index (χ3n) is 2.94. The monoisotopic (exact) mass is 366 g/mol. The SMILES string of the molecule is Cc1cc(F)ccc1Oc1cc(Cl)c(C(F)(F)F)cc1C(=O)Cl. The van der Waals surface area contributed by atoms with Crippen LogP contribution in [0.4, 0.5) is 17.6 Å². The van der Waals surface area contributed by atoms with Crippen LogP contribution in [-0.4, -0.2) is 5.24 Å². The molecule has 0 saturated heterocycles. The average Bonchev–Trinajstić information content (AvgIpc) is 2.40. The van der Waals surface area contributed by atoms with Gasteiger partial charge in [-0.15, -0.1) is 0 Å². The van der Waals surface area contributed by atoms with Gasteiger partial charge in [-0.05, 0) is 48.4 Å². The number of ether oxygens (including phenoxy) is 1. The number of aryl methyl sites for hydroxylation is 1. The zero-order chi connectivity index (χ0) is 17.4. The predicted octanol–water partition coefficient (Wildman–Crippen LogP) is 5.98. The number of rotatable bonds is 3. The van der Waals surface area contributed by atoms with Gasteiger partial charge in [0, 0.05) is 6.07 Å². The van der Waals surface area contributed by atoms with Gasteiger partial charge in [0.25, 0.3) is 5.24 Å². The summed E-state index contributed by atoms with van der Waals surface area (Å²) in [5.41, 5.74) is -1.31. The Hall–Kier alpha value is -1.79. The number of hydrogen-bond donors (Lipinski definition) is 0. The van der Waals surface area contributed by atoms with E-state index in [-0.39, 0.29) is 11.5 Å². The highest BCUT2D eigenvalue weighted by Crippen LogP contribution is 2.40. The summed E-state index contributed by atoms with van der Waals surface area (Å²) < 4.78 is 57.0. The van der Waals surface area contributed by atoms with Gasteiger partial charge in [0.2, 0.25) is 0 Å². The van der Waals surface area contributed by atoms with Crippen LogP contribution in [0.1, 0.15) is 21.5 Å². The van der Waals surface area contributed by atoms with Crippen LogP contribution in [0.15, 0.2) is 30.3 Å². The first-order chi connectivity index (χ1) is 10.6. The van der Waals surface area contributed by atoms with E-state index in [9.17, 15) is 22.4 Å². The number of alkyl halides is 3. The molecule has 0 amide bonds. The second-order valence-corrected chi connectivity index (χ2v) is 5.36. The minimum Gasteiger partial charge on any atom is -0.456 e.